The second kappa shape index (κ2) is 6.55. The van der Waals surface area contributed by atoms with Crippen molar-refractivity contribution >= 4 is 18.3 Å². The summed E-state index contributed by atoms with van der Waals surface area (Å²) in [5.74, 6) is -6.77. The molecule has 0 saturated carbocycles. The predicted octanol–water partition coefficient (Wildman–Crippen LogP) is 1.71. The number of hydrogen-bond donors (Lipinski definition) is 2. The van der Waals surface area contributed by atoms with Crippen molar-refractivity contribution in [3.63, 3.8) is 0 Å². The van der Waals surface area contributed by atoms with Crippen LogP contribution in [0.1, 0.15) is 10.4 Å². The Morgan fingerprint density at radius 3 is 2.22 bits per heavy atom. The number of hydrogen-bond acceptors (Lipinski definition) is 2. The highest BCUT2D eigenvalue weighted by Gasteiger charge is 2.28. The molecular weight excluding hydrogens is 276 g/mol. The molecular formula is C10H11ClF4N2O. The molecule has 1 amide bonds. The van der Waals surface area contributed by atoms with Crippen LogP contribution in [0.25, 0.3) is 0 Å². The van der Waals surface area contributed by atoms with Crippen LogP contribution in [0.4, 0.5) is 17.6 Å². The lowest BCUT2D eigenvalue weighted by Crippen LogP contribution is -2.41. The van der Waals surface area contributed by atoms with Crippen molar-refractivity contribution in [3.05, 3.63) is 35.4 Å². The molecule has 8 heteroatoms. The van der Waals surface area contributed by atoms with E-state index in [1.807, 2.05) is 0 Å². The fourth-order valence-electron chi connectivity index (χ4n) is 1.08. The van der Waals surface area contributed by atoms with Gasteiger partial charge in [0.15, 0.2) is 0 Å². The minimum absolute atomic E-state index is 0. The topological polar surface area (TPSA) is 55.1 Å². The summed E-state index contributed by atoms with van der Waals surface area (Å²) in [5.41, 5.74) is 3.85. The first kappa shape index (κ1) is 16.7. The molecule has 102 valence electrons. The van der Waals surface area contributed by atoms with Gasteiger partial charge in [0.05, 0.1) is 13.1 Å². The molecule has 0 saturated heterocycles. The minimum atomic E-state index is -3.31. The molecule has 0 radical (unpaired) electrons. The van der Waals surface area contributed by atoms with Crippen LogP contribution in [0.2, 0.25) is 0 Å². The molecule has 3 nitrogen and oxygen atoms in total. The number of benzene rings is 1. The highest BCUT2D eigenvalue weighted by molar-refractivity contribution is 5.94. The van der Waals surface area contributed by atoms with Gasteiger partial charge in [-0.2, -0.15) is 0 Å². The third-order valence-corrected chi connectivity index (χ3v) is 2.00. The maximum absolute atomic E-state index is 13.1. The Labute approximate surface area is 107 Å². The van der Waals surface area contributed by atoms with Crippen molar-refractivity contribution in [3.8, 4) is 0 Å². The number of nitrogens with one attached hydrogen (secondary N) is 1. The van der Waals surface area contributed by atoms with Gasteiger partial charge in [-0.05, 0) is 12.1 Å². The van der Waals surface area contributed by atoms with Crippen molar-refractivity contribution < 1.29 is 22.4 Å². The smallest absolute Gasteiger partial charge is 0.277 e. The van der Waals surface area contributed by atoms with E-state index in [2.05, 4.69) is 0 Å². The van der Waals surface area contributed by atoms with E-state index in [0.29, 0.717) is 0 Å². The molecule has 0 fully saturated rings. The Morgan fingerprint density at radius 1 is 1.28 bits per heavy atom. The lowest BCUT2D eigenvalue weighted by atomic mass is 10.2. The summed E-state index contributed by atoms with van der Waals surface area (Å²) in [6.45, 7) is -2.04. The fraction of sp³-hybridized carbons (Fsp3) is 0.300. The van der Waals surface area contributed by atoms with Crippen LogP contribution in [0.15, 0.2) is 18.2 Å². The molecule has 1 aromatic carbocycles. The zero-order valence-corrected chi connectivity index (χ0v) is 9.87. The lowest BCUT2D eigenvalue weighted by Gasteiger charge is -2.14. The van der Waals surface area contributed by atoms with Gasteiger partial charge in [0.25, 0.3) is 11.8 Å². The van der Waals surface area contributed by atoms with Crippen LogP contribution < -0.4 is 11.1 Å². The number of amides is 1. The Balaban J connectivity index is 0.00000289. The number of nitrogens with two attached hydrogens (primary N) is 1. The summed E-state index contributed by atoms with van der Waals surface area (Å²) < 4.78 is 51.6. The van der Waals surface area contributed by atoms with E-state index in [-0.39, 0.29) is 12.4 Å². The van der Waals surface area contributed by atoms with Crippen LogP contribution in [0.3, 0.4) is 0 Å². The summed E-state index contributed by atoms with van der Waals surface area (Å²) >= 11 is 0. The molecule has 1 aromatic rings. The molecule has 0 aliphatic rings. The summed E-state index contributed by atoms with van der Waals surface area (Å²) in [7, 11) is 0. The maximum Gasteiger partial charge on any atom is 0.277 e. The van der Waals surface area contributed by atoms with Gasteiger partial charge in [0.1, 0.15) is 17.2 Å². The Hall–Kier alpha value is -1.34. The molecule has 0 aliphatic heterocycles. The first-order valence-electron chi connectivity index (χ1n) is 4.67. The van der Waals surface area contributed by atoms with Gasteiger partial charge in [-0.1, -0.05) is 6.07 Å². The quantitative estimate of drug-likeness (QED) is 0.828. The van der Waals surface area contributed by atoms with E-state index in [4.69, 9.17) is 5.73 Å². The molecule has 1 rings (SSSR count). The zero-order valence-electron chi connectivity index (χ0n) is 9.05. The first-order chi connectivity index (χ1) is 7.87. The van der Waals surface area contributed by atoms with Crippen molar-refractivity contribution in [1.29, 1.82) is 0 Å². The Morgan fingerprint density at radius 2 is 1.78 bits per heavy atom. The van der Waals surface area contributed by atoms with E-state index in [1.54, 1.807) is 5.32 Å². The van der Waals surface area contributed by atoms with Crippen LogP contribution in [-0.4, -0.2) is 24.9 Å². The normalized spacial score (nSPS) is 10.7. The number of alkyl halides is 2. The standard InChI is InChI=1S/C10H10F4N2O.ClH/c11-6-2-1-3-7(12)8(6)9(17)16-5-10(13,14)4-15;/h1-3H,4-5,15H2,(H,16,17);1H. The monoisotopic (exact) mass is 286 g/mol. The van der Waals surface area contributed by atoms with Gasteiger partial charge in [-0.3, -0.25) is 4.79 Å². The molecule has 0 heterocycles. The summed E-state index contributed by atoms with van der Waals surface area (Å²) in [4.78, 5) is 11.3. The molecule has 0 aromatic heterocycles. The van der Waals surface area contributed by atoms with Gasteiger partial charge in [-0.25, -0.2) is 17.6 Å². The minimum Gasteiger partial charge on any atom is -0.346 e. The van der Waals surface area contributed by atoms with Crippen molar-refractivity contribution in [2.24, 2.45) is 5.73 Å². The highest BCUT2D eigenvalue weighted by atomic mass is 35.5. The second-order valence-electron chi connectivity index (χ2n) is 3.34. The second-order valence-corrected chi connectivity index (χ2v) is 3.34. The number of carbonyl (C=O) groups excluding carboxylic acids is 1. The van der Waals surface area contributed by atoms with Crippen molar-refractivity contribution in [2.45, 2.75) is 5.92 Å². The van der Waals surface area contributed by atoms with E-state index in [9.17, 15) is 22.4 Å². The predicted molar refractivity (Wildman–Crippen MR) is 59.9 cm³/mol. The van der Waals surface area contributed by atoms with Gasteiger partial charge >= 0.3 is 0 Å². The molecule has 0 aliphatic carbocycles. The van der Waals surface area contributed by atoms with Crippen LogP contribution in [0, 0.1) is 11.6 Å². The van der Waals surface area contributed by atoms with Gasteiger partial charge < -0.3 is 11.1 Å². The molecule has 0 bridgehead atoms. The van der Waals surface area contributed by atoms with Crippen molar-refractivity contribution in [1.82, 2.24) is 5.32 Å². The molecule has 0 unspecified atom stereocenters. The SMILES string of the molecule is Cl.NCC(F)(F)CNC(=O)c1c(F)cccc1F. The zero-order chi connectivity index (χ0) is 13.1. The van der Waals surface area contributed by atoms with Gasteiger partial charge in [0, 0.05) is 0 Å². The maximum atomic E-state index is 13.1. The third-order valence-electron chi connectivity index (χ3n) is 2.00. The summed E-state index contributed by atoms with van der Waals surface area (Å²) in [5, 5.41) is 1.72. The lowest BCUT2D eigenvalue weighted by molar-refractivity contribution is 0.0117. The van der Waals surface area contributed by atoms with E-state index < -0.39 is 42.1 Å². The number of halogens is 5. The fourth-order valence-corrected chi connectivity index (χ4v) is 1.08. The average Bonchev–Trinajstić information content (AvgIpc) is 2.26. The van der Waals surface area contributed by atoms with Crippen molar-refractivity contribution in [2.75, 3.05) is 13.1 Å². The van der Waals surface area contributed by atoms with Gasteiger partial charge in [0.2, 0.25) is 0 Å². The Bertz CT molecular complexity index is 408. The van der Waals surface area contributed by atoms with Crippen LogP contribution in [-0.2, 0) is 0 Å². The highest BCUT2D eigenvalue weighted by Crippen LogP contribution is 2.13. The molecule has 18 heavy (non-hydrogen) atoms. The van der Waals surface area contributed by atoms with E-state index >= 15 is 0 Å². The van der Waals surface area contributed by atoms with E-state index in [1.165, 1.54) is 0 Å². The summed E-state index contributed by atoms with van der Waals surface area (Å²) in [6, 6.07) is 2.79. The summed E-state index contributed by atoms with van der Waals surface area (Å²) in [6.07, 6.45) is 0. The van der Waals surface area contributed by atoms with E-state index in [0.717, 1.165) is 18.2 Å². The van der Waals surface area contributed by atoms with Gasteiger partial charge in [-0.15, -0.1) is 12.4 Å². The van der Waals surface area contributed by atoms with Crippen LogP contribution in [0.5, 0.6) is 0 Å². The molecule has 0 spiro atoms. The largest absolute Gasteiger partial charge is 0.346 e. The first-order valence-corrected chi connectivity index (χ1v) is 4.67. The number of rotatable bonds is 4. The van der Waals surface area contributed by atoms with Crippen LogP contribution >= 0.6 is 12.4 Å². The average molecular weight is 287 g/mol. The number of carbonyl (C=O) groups is 1. The third kappa shape index (κ3) is 4.15. The molecule has 3 N–H and O–H groups in total. The Kier molecular flexibility index (Phi) is 6.07. The molecule has 0 atom stereocenters.